The Morgan fingerprint density at radius 1 is 0.900 bits per heavy atom. The molecule has 0 spiro atoms. The largest absolute Gasteiger partial charge is 0.393 e. The Balaban J connectivity index is 1.13. The molecule has 1 atom stereocenters. The lowest BCUT2D eigenvalue weighted by atomic mass is 9.81. The second-order valence-electron chi connectivity index (χ2n) is 13.5. The summed E-state index contributed by atoms with van der Waals surface area (Å²) in [4.78, 5) is 44.5. The van der Waals surface area contributed by atoms with E-state index >= 15 is 0 Å². The molecule has 50 heavy (non-hydrogen) atoms. The van der Waals surface area contributed by atoms with Crippen molar-refractivity contribution in [3.63, 3.8) is 0 Å². The summed E-state index contributed by atoms with van der Waals surface area (Å²) in [7, 11) is 0. The maximum Gasteiger partial charge on any atom is 0.270 e. The van der Waals surface area contributed by atoms with Gasteiger partial charge < -0.3 is 26.8 Å². The van der Waals surface area contributed by atoms with Gasteiger partial charge in [0.1, 0.15) is 11.7 Å². The average Bonchev–Trinajstić information content (AvgIpc) is 3.68. The van der Waals surface area contributed by atoms with Crippen LogP contribution < -0.4 is 21.7 Å². The van der Waals surface area contributed by atoms with E-state index < -0.39 is 6.04 Å². The van der Waals surface area contributed by atoms with E-state index in [4.69, 9.17) is 5.73 Å². The van der Waals surface area contributed by atoms with Gasteiger partial charge in [-0.25, -0.2) is 4.98 Å². The normalized spacial score (nSPS) is 21.2. The van der Waals surface area contributed by atoms with E-state index in [1.165, 1.54) is 0 Å². The first kappa shape index (κ1) is 34.8. The number of aliphatic hydroxyl groups is 1. The van der Waals surface area contributed by atoms with Gasteiger partial charge in [0.25, 0.3) is 5.91 Å². The van der Waals surface area contributed by atoms with Crippen molar-refractivity contribution in [3.05, 3.63) is 77.6 Å². The zero-order valence-electron chi connectivity index (χ0n) is 28.3. The Morgan fingerprint density at radius 2 is 1.60 bits per heavy atom. The number of benzene rings is 2. The molecule has 4 aromatic rings. The molecule has 2 saturated carbocycles. The second kappa shape index (κ2) is 16.1. The van der Waals surface area contributed by atoms with Crippen molar-refractivity contribution >= 4 is 23.4 Å². The van der Waals surface area contributed by atoms with E-state index in [0.717, 1.165) is 66.5 Å². The van der Waals surface area contributed by atoms with Crippen molar-refractivity contribution < 1.29 is 19.5 Å². The smallest absolute Gasteiger partial charge is 0.270 e. The van der Waals surface area contributed by atoms with Gasteiger partial charge in [0.15, 0.2) is 0 Å². The molecule has 2 heterocycles. The highest BCUT2D eigenvalue weighted by atomic mass is 16.3. The van der Waals surface area contributed by atoms with Crippen LogP contribution in [0.3, 0.4) is 0 Å². The van der Waals surface area contributed by atoms with Crippen LogP contribution in [0.1, 0.15) is 73.1 Å². The number of rotatable bonds is 11. The van der Waals surface area contributed by atoms with Crippen LogP contribution in [0.25, 0.3) is 22.5 Å². The van der Waals surface area contributed by atoms with E-state index in [0.29, 0.717) is 48.9 Å². The molecule has 0 bridgehead atoms. The lowest BCUT2D eigenvalue weighted by Gasteiger charge is -2.28. The number of amides is 3. The number of hydrogen-bond donors (Lipinski definition) is 6. The third kappa shape index (κ3) is 8.77. The number of aryl methyl sites for hydroxylation is 1. The second-order valence-corrected chi connectivity index (χ2v) is 13.5. The average molecular weight is 680 g/mol. The van der Waals surface area contributed by atoms with Crippen molar-refractivity contribution in [2.45, 2.75) is 82.9 Å². The van der Waals surface area contributed by atoms with Gasteiger partial charge in [0, 0.05) is 40.9 Å². The molecular weight excluding hydrogens is 634 g/mol. The Labute approximate surface area is 291 Å². The molecule has 262 valence electrons. The van der Waals surface area contributed by atoms with Gasteiger partial charge in [-0.05, 0) is 117 Å². The predicted molar refractivity (Wildman–Crippen MR) is 189 cm³/mol. The Kier molecular flexibility index (Phi) is 11.2. The number of pyridine rings is 1. The van der Waals surface area contributed by atoms with Crippen molar-refractivity contribution in [3.8, 4) is 22.5 Å². The van der Waals surface area contributed by atoms with Crippen LogP contribution in [0.2, 0.25) is 0 Å². The zero-order valence-corrected chi connectivity index (χ0v) is 28.3. The van der Waals surface area contributed by atoms with Crippen LogP contribution in [-0.4, -0.2) is 73.2 Å². The first-order valence-corrected chi connectivity index (χ1v) is 17.5. The predicted octanol–water partition coefficient (Wildman–Crippen LogP) is 3.70. The van der Waals surface area contributed by atoms with Crippen LogP contribution in [-0.2, 0) is 16.0 Å². The molecule has 2 aliphatic carbocycles. The SMILES string of the molecule is Cc1nc(C(=O)NC2CCC(O)CC2)ccc1-c1ccc(C[C@H](NC(=O)C2CCC(CN)CC2)C(=O)Nc2ccc(-c3nn[nH]n3)cc2)cc1. The number of nitrogens with two attached hydrogens (primary N) is 1. The summed E-state index contributed by atoms with van der Waals surface area (Å²) in [6.45, 7) is 2.51. The molecule has 6 rings (SSSR count). The summed E-state index contributed by atoms with van der Waals surface area (Å²) in [6, 6.07) is 17.8. The number of aromatic nitrogens is 5. The van der Waals surface area contributed by atoms with Crippen LogP contribution >= 0.6 is 0 Å². The molecule has 7 N–H and O–H groups in total. The first-order valence-electron chi connectivity index (χ1n) is 17.5. The van der Waals surface area contributed by atoms with Crippen molar-refractivity contribution in [2.75, 3.05) is 11.9 Å². The standard InChI is InChI=1S/C37H45N9O4/c1-22-31(18-19-32(39-22)36(49)40-29-14-16-30(47)17-15-29)25-6-2-23(3-7-25)20-33(42-35(48)27-8-4-24(21-38)5-9-27)37(50)41-28-12-10-26(11-13-28)34-43-45-46-44-34/h2-3,6-7,10-13,18-19,24,27,29-30,33,47H,4-5,8-9,14-17,20-21,38H2,1H3,(H,40,49)(H,41,50)(H,42,48)(H,43,44,45,46)/t24?,27?,29?,30?,33-/m0/s1. The summed E-state index contributed by atoms with van der Waals surface area (Å²) in [5.41, 5.74) is 11.0. The van der Waals surface area contributed by atoms with Gasteiger partial charge in [0.2, 0.25) is 17.6 Å². The number of nitrogens with zero attached hydrogens (tertiary/aromatic N) is 4. The lowest BCUT2D eigenvalue weighted by molar-refractivity contribution is -0.130. The van der Waals surface area contributed by atoms with Crippen LogP contribution in [0.5, 0.6) is 0 Å². The fraction of sp³-hybridized carbons (Fsp3) is 0.432. The topological polar surface area (TPSA) is 201 Å². The Morgan fingerprint density at radius 3 is 2.24 bits per heavy atom. The number of carbonyl (C=O) groups is 3. The summed E-state index contributed by atoms with van der Waals surface area (Å²) in [6.07, 6.45) is 6.24. The molecule has 13 nitrogen and oxygen atoms in total. The molecule has 2 aliphatic rings. The highest BCUT2D eigenvalue weighted by Crippen LogP contribution is 2.29. The number of anilines is 1. The number of carbonyl (C=O) groups excluding carboxylic acids is 3. The first-order chi connectivity index (χ1) is 24.2. The molecule has 0 radical (unpaired) electrons. The minimum Gasteiger partial charge on any atom is -0.393 e. The highest BCUT2D eigenvalue weighted by molar-refractivity contribution is 5.98. The minimum absolute atomic E-state index is 0.0467. The molecule has 0 aliphatic heterocycles. The van der Waals surface area contributed by atoms with Crippen LogP contribution in [0, 0.1) is 18.8 Å². The van der Waals surface area contributed by atoms with E-state index in [1.807, 2.05) is 37.3 Å². The summed E-state index contributed by atoms with van der Waals surface area (Å²) in [5.74, 6) is 0.0981. The number of tetrazole rings is 1. The molecule has 3 amide bonds. The van der Waals surface area contributed by atoms with E-state index in [2.05, 4.69) is 41.6 Å². The number of aromatic amines is 1. The molecule has 2 aromatic carbocycles. The maximum atomic E-state index is 13.7. The van der Waals surface area contributed by atoms with Gasteiger partial charge in [-0.1, -0.05) is 30.3 Å². The van der Waals surface area contributed by atoms with Crippen molar-refractivity contribution in [2.24, 2.45) is 17.6 Å². The van der Waals surface area contributed by atoms with Gasteiger partial charge in [-0.3, -0.25) is 14.4 Å². The summed E-state index contributed by atoms with van der Waals surface area (Å²) >= 11 is 0. The van der Waals surface area contributed by atoms with Gasteiger partial charge in [-0.15, -0.1) is 10.2 Å². The zero-order chi connectivity index (χ0) is 35.0. The fourth-order valence-corrected chi connectivity index (χ4v) is 6.90. The van der Waals surface area contributed by atoms with Gasteiger partial charge >= 0.3 is 0 Å². The number of nitrogens with one attached hydrogen (secondary N) is 4. The number of aliphatic hydroxyl groups excluding tert-OH is 1. The third-order valence-electron chi connectivity index (χ3n) is 9.99. The van der Waals surface area contributed by atoms with Crippen molar-refractivity contribution in [1.29, 1.82) is 0 Å². The molecule has 13 heteroatoms. The molecular formula is C37H45N9O4. The number of H-pyrrole nitrogens is 1. The fourth-order valence-electron chi connectivity index (χ4n) is 6.90. The third-order valence-corrected chi connectivity index (χ3v) is 9.99. The molecule has 0 unspecified atom stereocenters. The number of hydrogen-bond acceptors (Lipinski definition) is 9. The van der Waals surface area contributed by atoms with Gasteiger partial charge in [-0.2, -0.15) is 5.21 Å². The Bertz CT molecular complexity index is 1750. The summed E-state index contributed by atoms with van der Waals surface area (Å²) in [5, 5.41) is 32.8. The molecule has 0 saturated heterocycles. The molecule has 2 fully saturated rings. The quantitative estimate of drug-likeness (QED) is 0.137. The lowest BCUT2D eigenvalue weighted by Crippen LogP contribution is -2.48. The van der Waals surface area contributed by atoms with Crippen molar-refractivity contribution in [1.82, 2.24) is 36.2 Å². The minimum atomic E-state index is -0.800. The Hall–Kier alpha value is -5.01. The van der Waals surface area contributed by atoms with E-state index in [1.54, 1.807) is 30.3 Å². The van der Waals surface area contributed by atoms with Crippen LogP contribution in [0.4, 0.5) is 5.69 Å². The van der Waals surface area contributed by atoms with E-state index in [9.17, 15) is 19.5 Å². The summed E-state index contributed by atoms with van der Waals surface area (Å²) < 4.78 is 0. The van der Waals surface area contributed by atoms with Gasteiger partial charge in [0.05, 0.1) is 6.10 Å². The monoisotopic (exact) mass is 679 g/mol. The maximum absolute atomic E-state index is 13.7. The van der Waals surface area contributed by atoms with Crippen LogP contribution in [0.15, 0.2) is 60.7 Å². The molecule has 2 aromatic heterocycles. The van der Waals surface area contributed by atoms with E-state index in [-0.39, 0.29) is 35.8 Å². The highest BCUT2D eigenvalue weighted by Gasteiger charge is 2.29.